The van der Waals surface area contributed by atoms with Gasteiger partial charge in [-0.05, 0) is 78.8 Å². The minimum absolute atomic E-state index is 0.0990. The van der Waals surface area contributed by atoms with Gasteiger partial charge in [0, 0.05) is 30.6 Å². The number of piperidine rings is 2. The minimum atomic E-state index is -0.167. The fourth-order valence-corrected chi connectivity index (χ4v) is 4.78. The largest absolute Gasteiger partial charge is 0.392 e. The van der Waals surface area contributed by atoms with E-state index in [1.54, 1.807) is 0 Å². The molecule has 0 bridgehead atoms. The summed E-state index contributed by atoms with van der Waals surface area (Å²) in [7, 11) is 0. The van der Waals surface area contributed by atoms with Gasteiger partial charge in [-0.15, -0.1) is 0 Å². The van der Waals surface area contributed by atoms with E-state index in [1.807, 2.05) is 0 Å². The second-order valence-corrected chi connectivity index (χ2v) is 9.17. The number of β-amino-alcohol motifs (C(OH)–C–C–N with tert-alkyl or cyclic N) is 1. The van der Waals surface area contributed by atoms with E-state index in [2.05, 4.69) is 43.2 Å². The van der Waals surface area contributed by atoms with Crippen LogP contribution in [0, 0.1) is 5.92 Å². The molecule has 2 aliphatic rings. The molecule has 140 valence electrons. The van der Waals surface area contributed by atoms with Gasteiger partial charge in [-0.2, -0.15) is 0 Å². The number of rotatable bonds is 6. The van der Waals surface area contributed by atoms with Gasteiger partial charge in [-0.1, -0.05) is 0 Å². The third kappa shape index (κ3) is 6.69. The molecule has 2 saturated heterocycles. The quantitative estimate of drug-likeness (QED) is 0.647. The van der Waals surface area contributed by atoms with Gasteiger partial charge in [0.25, 0.3) is 0 Å². The molecule has 2 aliphatic heterocycles. The zero-order valence-corrected chi connectivity index (χ0v) is 16.0. The summed E-state index contributed by atoms with van der Waals surface area (Å²) in [5, 5.41) is 16.4. The van der Waals surface area contributed by atoms with E-state index in [0.29, 0.717) is 12.3 Å². The second kappa shape index (κ2) is 8.15. The number of aliphatic hydroxyl groups is 1. The lowest BCUT2D eigenvalue weighted by Gasteiger charge is -2.46. The SMILES string of the molecule is CC1(C)CC(CC(=O)NCCCN2CCC[C@H](O)C2)CC(C)(C)N1. The van der Waals surface area contributed by atoms with Gasteiger partial charge < -0.3 is 20.6 Å². The van der Waals surface area contributed by atoms with E-state index >= 15 is 0 Å². The predicted octanol–water partition coefficient (Wildman–Crippen LogP) is 1.90. The molecule has 0 aromatic heterocycles. The summed E-state index contributed by atoms with van der Waals surface area (Å²) < 4.78 is 0. The average Bonchev–Trinajstić information content (AvgIpc) is 2.40. The van der Waals surface area contributed by atoms with Gasteiger partial charge in [0.2, 0.25) is 5.91 Å². The van der Waals surface area contributed by atoms with Crippen molar-refractivity contribution in [1.82, 2.24) is 15.5 Å². The van der Waals surface area contributed by atoms with Crippen LogP contribution < -0.4 is 10.6 Å². The Balaban J connectivity index is 1.64. The van der Waals surface area contributed by atoms with E-state index in [0.717, 1.165) is 58.3 Å². The number of nitrogens with one attached hydrogen (secondary N) is 2. The van der Waals surface area contributed by atoms with Crippen LogP contribution in [-0.2, 0) is 4.79 Å². The van der Waals surface area contributed by atoms with E-state index in [4.69, 9.17) is 0 Å². The fraction of sp³-hybridized carbons (Fsp3) is 0.947. The van der Waals surface area contributed by atoms with Crippen LogP contribution >= 0.6 is 0 Å². The monoisotopic (exact) mass is 339 g/mol. The van der Waals surface area contributed by atoms with Gasteiger partial charge in [-0.3, -0.25) is 4.79 Å². The lowest BCUT2D eigenvalue weighted by atomic mass is 9.74. The molecular formula is C19H37N3O2. The molecule has 0 aromatic rings. The molecule has 0 aliphatic carbocycles. The van der Waals surface area contributed by atoms with Gasteiger partial charge in [0.05, 0.1) is 6.10 Å². The minimum Gasteiger partial charge on any atom is -0.392 e. The first-order valence-electron chi connectivity index (χ1n) is 9.62. The molecular weight excluding hydrogens is 302 g/mol. The normalized spacial score (nSPS) is 27.8. The van der Waals surface area contributed by atoms with Gasteiger partial charge in [-0.25, -0.2) is 0 Å². The molecule has 3 N–H and O–H groups in total. The molecule has 2 rings (SSSR count). The van der Waals surface area contributed by atoms with Crippen molar-refractivity contribution in [3.63, 3.8) is 0 Å². The van der Waals surface area contributed by atoms with Gasteiger partial charge >= 0.3 is 0 Å². The molecule has 0 saturated carbocycles. The van der Waals surface area contributed by atoms with E-state index < -0.39 is 0 Å². The van der Waals surface area contributed by atoms with Crippen LogP contribution in [0.15, 0.2) is 0 Å². The van der Waals surface area contributed by atoms with Crippen molar-refractivity contribution in [2.75, 3.05) is 26.2 Å². The number of hydrogen-bond acceptors (Lipinski definition) is 4. The number of nitrogens with zero attached hydrogens (tertiary/aromatic N) is 1. The lowest BCUT2D eigenvalue weighted by Crippen LogP contribution is -2.58. The molecule has 2 fully saturated rings. The highest BCUT2D eigenvalue weighted by Gasteiger charge is 2.38. The Bertz CT molecular complexity index is 407. The summed E-state index contributed by atoms with van der Waals surface area (Å²) in [6.07, 6.45) is 5.54. The maximum Gasteiger partial charge on any atom is 0.220 e. The fourth-order valence-electron chi connectivity index (χ4n) is 4.78. The van der Waals surface area contributed by atoms with Crippen molar-refractivity contribution in [3.05, 3.63) is 0 Å². The Labute approximate surface area is 147 Å². The first-order chi connectivity index (χ1) is 11.2. The van der Waals surface area contributed by atoms with Gasteiger partial charge in [0.1, 0.15) is 0 Å². The zero-order chi connectivity index (χ0) is 17.8. The number of carbonyl (C=O) groups is 1. The van der Waals surface area contributed by atoms with E-state index in [1.165, 1.54) is 0 Å². The number of likely N-dealkylation sites (tertiary alicyclic amines) is 1. The first-order valence-corrected chi connectivity index (χ1v) is 9.62. The molecule has 0 spiro atoms. The van der Waals surface area contributed by atoms with Crippen LogP contribution in [0.3, 0.4) is 0 Å². The highest BCUT2D eigenvalue weighted by Crippen LogP contribution is 2.34. The summed E-state index contributed by atoms with van der Waals surface area (Å²) >= 11 is 0. The third-order valence-electron chi connectivity index (χ3n) is 5.20. The summed E-state index contributed by atoms with van der Waals surface area (Å²) in [5.41, 5.74) is 0.198. The Hall–Kier alpha value is -0.650. The molecule has 5 nitrogen and oxygen atoms in total. The molecule has 1 amide bonds. The van der Waals surface area contributed by atoms with E-state index in [-0.39, 0.29) is 23.1 Å². The van der Waals surface area contributed by atoms with Crippen molar-refractivity contribution < 1.29 is 9.90 Å². The number of hydrogen-bond donors (Lipinski definition) is 3. The summed E-state index contributed by atoms with van der Waals surface area (Å²) in [5.74, 6) is 0.640. The molecule has 0 aromatic carbocycles. The summed E-state index contributed by atoms with van der Waals surface area (Å²) in [6.45, 7) is 12.5. The maximum atomic E-state index is 12.3. The Kier molecular flexibility index (Phi) is 6.68. The van der Waals surface area contributed by atoms with Crippen LogP contribution in [0.1, 0.15) is 66.2 Å². The standard InChI is InChI=1S/C19H37N3O2/c1-18(2)12-15(13-19(3,4)21-18)11-17(24)20-8-6-10-22-9-5-7-16(23)14-22/h15-16,21,23H,5-14H2,1-4H3,(H,20,24)/t16-/m0/s1. The van der Waals surface area contributed by atoms with Gasteiger partial charge in [0.15, 0.2) is 0 Å². The van der Waals surface area contributed by atoms with Crippen molar-refractivity contribution in [3.8, 4) is 0 Å². The van der Waals surface area contributed by atoms with Crippen molar-refractivity contribution in [1.29, 1.82) is 0 Å². The number of carbonyl (C=O) groups excluding carboxylic acids is 1. The second-order valence-electron chi connectivity index (χ2n) is 9.17. The predicted molar refractivity (Wildman–Crippen MR) is 97.9 cm³/mol. The highest BCUT2D eigenvalue weighted by atomic mass is 16.3. The topological polar surface area (TPSA) is 64.6 Å². The van der Waals surface area contributed by atoms with Crippen molar-refractivity contribution in [2.45, 2.75) is 83.4 Å². The van der Waals surface area contributed by atoms with E-state index in [9.17, 15) is 9.90 Å². The zero-order valence-electron chi connectivity index (χ0n) is 16.0. The Morgan fingerprint density at radius 1 is 1.25 bits per heavy atom. The van der Waals surface area contributed by atoms with Crippen LogP contribution in [0.2, 0.25) is 0 Å². The maximum absolute atomic E-state index is 12.3. The smallest absolute Gasteiger partial charge is 0.220 e. The first kappa shape index (κ1) is 19.7. The number of amides is 1. The summed E-state index contributed by atoms with van der Waals surface area (Å²) in [6, 6.07) is 0. The highest BCUT2D eigenvalue weighted by molar-refractivity contribution is 5.76. The molecule has 2 heterocycles. The molecule has 24 heavy (non-hydrogen) atoms. The molecule has 5 heteroatoms. The molecule has 0 unspecified atom stereocenters. The lowest BCUT2D eigenvalue weighted by molar-refractivity contribution is -0.122. The molecule has 1 atom stereocenters. The Morgan fingerprint density at radius 3 is 2.54 bits per heavy atom. The van der Waals surface area contributed by atoms with Crippen LogP contribution in [-0.4, -0.2) is 59.3 Å². The number of aliphatic hydroxyl groups excluding tert-OH is 1. The summed E-state index contributed by atoms with van der Waals surface area (Å²) in [4.78, 5) is 14.6. The van der Waals surface area contributed by atoms with Crippen molar-refractivity contribution >= 4 is 5.91 Å². The van der Waals surface area contributed by atoms with Crippen LogP contribution in [0.5, 0.6) is 0 Å². The van der Waals surface area contributed by atoms with Crippen molar-refractivity contribution in [2.24, 2.45) is 5.92 Å². The Morgan fingerprint density at radius 2 is 1.92 bits per heavy atom. The third-order valence-corrected chi connectivity index (χ3v) is 5.20. The molecule has 0 radical (unpaired) electrons. The van der Waals surface area contributed by atoms with Crippen LogP contribution in [0.25, 0.3) is 0 Å². The van der Waals surface area contributed by atoms with Crippen LogP contribution in [0.4, 0.5) is 0 Å². The average molecular weight is 340 g/mol.